The number of hydroxylamine groups is 2. The predicted octanol–water partition coefficient (Wildman–Crippen LogP) is 4.49. The van der Waals surface area contributed by atoms with Gasteiger partial charge in [0.2, 0.25) is 59.1 Å². The summed E-state index contributed by atoms with van der Waals surface area (Å²) in [6.07, 6.45) is 2.85. The zero-order valence-corrected chi connectivity index (χ0v) is 66.4. The first-order valence-corrected chi connectivity index (χ1v) is 37.9. The summed E-state index contributed by atoms with van der Waals surface area (Å²) in [5.41, 5.74) is 1.59. The third kappa shape index (κ3) is 23.1. The highest BCUT2D eigenvalue weighted by molar-refractivity contribution is 6.00. The molecule has 3 fully saturated rings. The molecule has 3 aliphatic rings. The van der Waals surface area contributed by atoms with E-state index in [2.05, 4.69) is 36.4 Å². The van der Waals surface area contributed by atoms with Crippen molar-refractivity contribution in [3.05, 3.63) is 24.3 Å². The lowest BCUT2D eigenvalue weighted by atomic mass is 9.88. The summed E-state index contributed by atoms with van der Waals surface area (Å²) in [5, 5.41) is 21.4. The Hall–Kier alpha value is -7.37. The van der Waals surface area contributed by atoms with Crippen LogP contribution in [0.2, 0.25) is 0 Å². The molecule has 11 amide bonds. The van der Waals surface area contributed by atoms with Crippen LogP contribution in [0.15, 0.2) is 24.3 Å². The van der Waals surface area contributed by atoms with Crippen molar-refractivity contribution in [2.45, 2.75) is 260 Å². The molecule has 14 atom stereocenters. The Kier molecular flexibility index (Phi) is 33.9. The number of morpholine rings is 1. The van der Waals surface area contributed by atoms with Crippen LogP contribution in [0, 0.1) is 35.5 Å². The minimum absolute atomic E-state index is 0.0403. The summed E-state index contributed by atoms with van der Waals surface area (Å²) in [5.74, 6) is -9.37. The Morgan fingerprint density at radius 1 is 0.500 bits per heavy atom. The van der Waals surface area contributed by atoms with Crippen LogP contribution >= 0.6 is 0 Å². The van der Waals surface area contributed by atoms with Gasteiger partial charge in [0.05, 0.1) is 25.9 Å². The van der Waals surface area contributed by atoms with Crippen LogP contribution in [-0.2, 0) is 73.6 Å². The molecule has 0 aliphatic carbocycles. The average Bonchev–Trinajstić information content (AvgIpc) is 0.826. The van der Waals surface area contributed by atoms with Gasteiger partial charge in [0, 0.05) is 62.0 Å². The second-order valence-corrected chi connectivity index (χ2v) is 31.1. The summed E-state index contributed by atoms with van der Waals surface area (Å²) < 4.78 is 11.9. The van der Waals surface area contributed by atoms with Crippen molar-refractivity contribution < 1.29 is 67.1 Å². The van der Waals surface area contributed by atoms with Gasteiger partial charge in [0.1, 0.15) is 77.6 Å². The highest BCUT2D eigenvalue weighted by Gasteiger charge is 2.55. The van der Waals surface area contributed by atoms with Crippen LogP contribution in [-0.4, -0.2) is 280 Å². The first kappa shape index (κ1) is 87.3. The van der Waals surface area contributed by atoms with Gasteiger partial charge in [-0.3, -0.25) is 62.5 Å². The standard InChI is InChI=1S/C75H127N15O14/c1-23-54-71(97)82(17)52(15)70(96)87(22)62(53(16)103-38-30-29-34-88-36-39-102-40-37-88)67(93)79-60(47(8)9)74(100)83(18)57(41-44(2)3)66(92)76-50(13)65(91)77-51(14)69(95)84(19)58(42-45(4)5)72(98)85(20)59(43-46(6)7)73(99)86(21)61(48(10)11)75(101)90-63(68(94)78-54)64(104-90)49(12)31-25-24-28-35-89-80-55-32-26-27-33-56(55)81-89/h26-27,32-33,44-54,57-64H,23-25,28-31,34-43H2,1-22H3,(H,76,92)(H,77,91)(H,78,94)(H,79,93)/t49-,50+,51-,52-,53-,54+,57+,58+,59+,60+,61+,62+,63+,64-/m1/s1. The molecule has 5 rings (SSSR count). The quantitative estimate of drug-likeness (QED) is 0.111. The van der Waals surface area contributed by atoms with Crippen molar-refractivity contribution in [1.29, 1.82) is 0 Å². The van der Waals surface area contributed by atoms with Crippen molar-refractivity contribution >= 4 is 76.0 Å². The molecule has 3 saturated heterocycles. The maximum Gasteiger partial charge on any atom is 0.270 e. The highest BCUT2D eigenvalue weighted by atomic mass is 16.7. The minimum Gasteiger partial charge on any atom is -0.379 e. The fourth-order valence-corrected chi connectivity index (χ4v) is 14.0. The van der Waals surface area contributed by atoms with Gasteiger partial charge in [-0.2, -0.15) is 15.0 Å². The highest BCUT2D eigenvalue weighted by Crippen LogP contribution is 2.35. The summed E-state index contributed by atoms with van der Waals surface area (Å²) in [7, 11) is 8.69. The van der Waals surface area contributed by atoms with Crippen molar-refractivity contribution in [3.8, 4) is 0 Å². The Morgan fingerprint density at radius 2 is 1.02 bits per heavy atom. The van der Waals surface area contributed by atoms with Crippen molar-refractivity contribution in [2.24, 2.45) is 35.5 Å². The number of fused-ring (bicyclic) bond motifs is 2. The second kappa shape index (κ2) is 40.4. The number of rotatable bonds is 23. The van der Waals surface area contributed by atoms with E-state index >= 15 is 28.8 Å². The molecular formula is C75H127N15O14. The molecule has 29 nitrogen and oxygen atoms in total. The molecule has 2 aromatic rings. The molecule has 586 valence electrons. The fourth-order valence-electron chi connectivity index (χ4n) is 14.0. The number of nitrogens with zero attached hydrogens (tertiary/aromatic N) is 11. The third-order valence-electron chi connectivity index (χ3n) is 20.6. The van der Waals surface area contributed by atoms with Gasteiger partial charge in [-0.1, -0.05) is 108 Å². The van der Waals surface area contributed by atoms with E-state index in [9.17, 15) is 24.0 Å². The van der Waals surface area contributed by atoms with Crippen LogP contribution < -0.4 is 21.3 Å². The van der Waals surface area contributed by atoms with Crippen LogP contribution in [0.3, 0.4) is 0 Å². The number of hydrogen-bond acceptors (Lipinski definition) is 17. The van der Waals surface area contributed by atoms with E-state index in [-0.39, 0.29) is 56.0 Å². The summed E-state index contributed by atoms with van der Waals surface area (Å²) in [4.78, 5) is 183. The molecule has 3 aliphatic heterocycles. The van der Waals surface area contributed by atoms with Crippen LogP contribution in [0.5, 0.6) is 0 Å². The summed E-state index contributed by atoms with van der Waals surface area (Å²) in [6.45, 7) is 32.4. The molecule has 104 heavy (non-hydrogen) atoms. The van der Waals surface area contributed by atoms with Crippen molar-refractivity contribution in [2.75, 3.05) is 81.7 Å². The van der Waals surface area contributed by atoms with E-state index in [1.807, 2.05) is 72.7 Å². The van der Waals surface area contributed by atoms with E-state index in [0.717, 1.165) is 55.0 Å². The molecule has 4 heterocycles. The smallest absolute Gasteiger partial charge is 0.270 e. The number of nitrogens with one attached hydrogen (secondary N) is 4. The number of likely N-dealkylation sites (N-methyl/N-ethyl adjacent to an activating group) is 6. The third-order valence-corrected chi connectivity index (χ3v) is 20.6. The molecule has 0 spiro atoms. The number of carbonyl (C=O) groups is 11. The fraction of sp³-hybridized carbons (Fsp3) is 0.773. The van der Waals surface area contributed by atoms with Crippen LogP contribution in [0.25, 0.3) is 11.0 Å². The lowest BCUT2D eigenvalue weighted by Crippen LogP contribution is -2.72. The first-order valence-electron chi connectivity index (χ1n) is 37.9. The Bertz CT molecular complexity index is 3180. The number of amides is 11. The van der Waals surface area contributed by atoms with Gasteiger partial charge < -0.3 is 60.1 Å². The molecule has 0 radical (unpaired) electrons. The Labute approximate surface area is 617 Å². The number of ether oxygens (including phenoxy) is 2. The molecule has 0 bridgehead atoms. The Morgan fingerprint density at radius 3 is 1.57 bits per heavy atom. The first-order chi connectivity index (χ1) is 48.9. The molecule has 4 N–H and O–H groups in total. The molecule has 1 aromatic heterocycles. The van der Waals surface area contributed by atoms with E-state index < -0.39 is 155 Å². The van der Waals surface area contributed by atoms with Gasteiger partial charge in [-0.05, 0) is 133 Å². The molecule has 0 unspecified atom stereocenters. The zero-order valence-electron chi connectivity index (χ0n) is 66.4. The number of aromatic nitrogens is 3. The monoisotopic (exact) mass is 1460 g/mol. The number of benzene rings is 1. The second-order valence-electron chi connectivity index (χ2n) is 31.1. The predicted molar refractivity (Wildman–Crippen MR) is 395 cm³/mol. The van der Waals surface area contributed by atoms with E-state index in [0.29, 0.717) is 39.0 Å². The van der Waals surface area contributed by atoms with Gasteiger partial charge in [-0.15, -0.1) is 0 Å². The number of carbonyl (C=O) groups excluding carboxylic acids is 11. The lowest BCUT2D eigenvalue weighted by Gasteiger charge is -2.50. The largest absolute Gasteiger partial charge is 0.379 e. The maximum absolute atomic E-state index is 15.4. The number of hydrogen-bond donors (Lipinski definition) is 4. The van der Waals surface area contributed by atoms with Crippen LogP contribution in [0.4, 0.5) is 0 Å². The molecule has 0 saturated carbocycles. The summed E-state index contributed by atoms with van der Waals surface area (Å²) >= 11 is 0. The minimum atomic E-state index is -1.39. The lowest BCUT2D eigenvalue weighted by molar-refractivity contribution is -0.322. The maximum atomic E-state index is 15.4. The number of unbranched alkanes of at least 4 members (excludes halogenated alkanes) is 3. The summed E-state index contributed by atoms with van der Waals surface area (Å²) in [6, 6.07) is -6.08. The topological polar surface area (TPSA) is 320 Å². The molecule has 29 heteroatoms. The number of aryl methyl sites for hydroxylation is 1. The zero-order chi connectivity index (χ0) is 77.9. The van der Waals surface area contributed by atoms with E-state index in [1.165, 1.54) is 92.5 Å². The SMILES string of the molecule is CC[C@@H]1NC(=O)[C@@H]2[C@@H]([C@H](C)CCCCCn3nc4ccccc4n3)ON2C(=O)[C@H](C(C)C)N(C)C(=O)[C@H](CC(C)C)N(C)C(=O)[C@H](CC(C)C)N(C)C(=O)[C@@H](C)NC(=O)[C@H](C)NC(=O)[C@H](CC(C)C)N(C)C(=O)[C@H](C(C)C)NC(=O)[C@H]([C@@H](C)OCCCCN2CCOCC2)N(C)C(=O)[C@@H](C)N(C)C1=O. The van der Waals surface area contributed by atoms with E-state index in [4.69, 9.17) is 14.3 Å². The average molecular weight is 1460 g/mol. The molecule has 1 aromatic carbocycles. The van der Waals surface area contributed by atoms with Crippen molar-refractivity contribution in [3.63, 3.8) is 0 Å². The normalized spacial score (nSPS) is 27.0. The molecular weight excluding hydrogens is 1330 g/mol. The van der Waals surface area contributed by atoms with Crippen molar-refractivity contribution in [1.82, 2.24) is 75.6 Å². The Balaban J connectivity index is 1.58. The van der Waals surface area contributed by atoms with Gasteiger partial charge in [0.15, 0.2) is 6.04 Å². The van der Waals surface area contributed by atoms with Gasteiger partial charge >= 0.3 is 0 Å². The van der Waals surface area contributed by atoms with Crippen LogP contribution in [0.1, 0.15) is 175 Å². The van der Waals surface area contributed by atoms with Gasteiger partial charge in [-0.25, -0.2) is 5.06 Å². The van der Waals surface area contributed by atoms with Gasteiger partial charge in [0.25, 0.3) is 5.91 Å². The van der Waals surface area contributed by atoms with E-state index in [1.54, 1.807) is 46.3 Å².